The number of halogens is 1. The highest BCUT2D eigenvalue weighted by Gasteiger charge is 2.41. The summed E-state index contributed by atoms with van der Waals surface area (Å²) in [6.45, 7) is 5.83. The molecule has 1 aliphatic rings. The van der Waals surface area contributed by atoms with Gasteiger partial charge in [-0.3, -0.25) is 4.98 Å². The van der Waals surface area contributed by atoms with Crippen molar-refractivity contribution in [3.05, 3.63) is 50.6 Å². The van der Waals surface area contributed by atoms with Gasteiger partial charge in [0.2, 0.25) is 0 Å². The quantitative estimate of drug-likeness (QED) is 0.384. The zero-order valence-corrected chi connectivity index (χ0v) is 17.6. The van der Waals surface area contributed by atoms with Crippen molar-refractivity contribution in [2.45, 2.75) is 32.4 Å². The molecule has 0 aromatic carbocycles. The average Bonchev–Trinajstić information content (AvgIpc) is 3.05. The Bertz CT molecular complexity index is 749. The second-order valence-corrected chi connectivity index (χ2v) is 7.73. The van der Waals surface area contributed by atoms with Gasteiger partial charge in [-0.25, -0.2) is 0 Å². The molecule has 0 spiro atoms. The maximum absolute atomic E-state index is 5.67. The minimum atomic E-state index is 0.0404. The van der Waals surface area contributed by atoms with Gasteiger partial charge in [-0.1, -0.05) is 6.07 Å². The van der Waals surface area contributed by atoms with Gasteiger partial charge in [0, 0.05) is 47.0 Å². The maximum Gasteiger partial charge on any atom is 0.170 e. The van der Waals surface area contributed by atoms with Crippen molar-refractivity contribution >= 4 is 39.9 Å². The molecule has 3 rings (SSSR count). The number of rotatable bonds is 6. The Morgan fingerprint density at radius 2 is 2.12 bits per heavy atom. The van der Waals surface area contributed by atoms with Crippen LogP contribution in [-0.2, 0) is 4.74 Å². The Kier molecular flexibility index (Phi) is 5.96. The van der Waals surface area contributed by atoms with E-state index in [9.17, 15) is 0 Å². The first-order valence-electron chi connectivity index (χ1n) is 8.36. The molecule has 2 N–H and O–H groups in total. The van der Waals surface area contributed by atoms with E-state index in [-0.39, 0.29) is 12.1 Å². The van der Waals surface area contributed by atoms with Gasteiger partial charge in [0.1, 0.15) is 0 Å². The third-order valence-corrected chi connectivity index (χ3v) is 6.33. The molecule has 25 heavy (non-hydrogen) atoms. The number of pyridine rings is 1. The van der Waals surface area contributed by atoms with E-state index < -0.39 is 0 Å². The van der Waals surface area contributed by atoms with Crippen molar-refractivity contribution in [1.82, 2.24) is 20.2 Å². The molecule has 2 aromatic rings. The fourth-order valence-corrected chi connectivity index (χ4v) is 4.65. The lowest BCUT2D eigenvalue weighted by atomic mass is 9.96. The SMILES string of the molecule is COCCCN1C(=S)NC(c2ccccn2)C1c1c(C)[nH]c(C)c1I. The number of aromatic nitrogens is 2. The lowest BCUT2D eigenvalue weighted by molar-refractivity contribution is 0.180. The van der Waals surface area contributed by atoms with E-state index in [1.807, 2.05) is 18.3 Å². The molecular formula is C18H23IN4OS. The first kappa shape index (κ1) is 18.6. The van der Waals surface area contributed by atoms with E-state index in [1.54, 1.807) is 7.11 Å². The number of hydrogen-bond donors (Lipinski definition) is 2. The standard InChI is InChI=1S/C18H23IN4OS/c1-11-14(15(19)12(2)21-11)17-16(13-7-4-5-8-20-13)22-18(25)23(17)9-6-10-24-3/h4-5,7-8,16-17,21H,6,9-10H2,1-3H3,(H,22,25). The van der Waals surface area contributed by atoms with E-state index in [0.29, 0.717) is 0 Å². The van der Waals surface area contributed by atoms with E-state index in [0.717, 1.165) is 30.4 Å². The average molecular weight is 470 g/mol. The second kappa shape index (κ2) is 8.01. The van der Waals surface area contributed by atoms with Gasteiger partial charge in [-0.05, 0) is 67.2 Å². The molecule has 1 aliphatic heterocycles. The fraction of sp³-hybridized carbons (Fsp3) is 0.444. The summed E-state index contributed by atoms with van der Waals surface area (Å²) in [5.41, 5.74) is 4.70. The monoisotopic (exact) mass is 470 g/mol. The van der Waals surface area contributed by atoms with Gasteiger partial charge in [-0.15, -0.1) is 0 Å². The maximum atomic E-state index is 5.67. The molecule has 3 heterocycles. The molecule has 1 fully saturated rings. The third-order valence-electron chi connectivity index (χ3n) is 4.59. The van der Waals surface area contributed by atoms with Crippen molar-refractivity contribution in [2.24, 2.45) is 0 Å². The van der Waals surface area contributed by atoms with Gasteiger partial charge in [0.15, 0.2) is 5.11 Å². The molecule has 134 valence electrons. The molecule has 2 aromatic heterocycles. The largest absolute Gasteiger partial charge is 0.385 e. The molecule has 2 unspecified atom stereocenters. The highest BCUT2D eigenvalue weighted by Crippen LogP contribution is 2.42. The summed E-state index contributed by atoms with van der Waals surface area (Å²) in [5.74, 6) is 0. The molecule has 0 amide bonds. The van der Waals surface area contributed by atoms with Crippen molar-refractivity contribution in [3.8, 4) is 0 Å². The van der Waals surface area contributed by atoms with Crippen molar-refractivity contribution < 1.29 is 4.74 Å². The van der Waals surface area contributed by atoms with E-state index in [4.69, 9.17) is 17.0 Å². The second-order valence-electron chi connectivity index (χ2n) is 6.27. The third kappa shape index (κ3) is 3.68. The topological polar surface area (TPSA) is 53.2 Å². The number of methoxy groups -OCH3 is 1. The minimum Gasteiger partial charge on any atom is -0.385 e. The zero-order valence-electron chi connectivity index (χ0n) is 14.7. The number of hydrogen-bond acceptors (Lipinski definition) is 3. The lowest BCUT2D eigenvalue weighted by Crippen LogP contribution is -2.31. The Morgan fingerprint density at radius 1 is 1.32 bits per heavy atom. The van der Waals surface area contributed by atoms with Crippen LogP contribution < -0.4 is 5.32 Å². The van der Waals surface area contributed by atoms with Crippen LogP contribution in [-0.4, -0.2) is 40.2 Å². The van der Waals surface area contributed by atoms with Crippen molar-refractivity contribution in [1.29, 1.82) is 0 Å². The molecule has 5 nitrogen and oxygen atoms in total. The highest BCUT2D eigenvalue weighted by molar-refractivity contribution is 14.1. The van der Waals surface area contributed by atoms with Crippen LogP contribution in [0.5, 0.6) is 0 Å². The molecule has 0 aliphatic carbocycles. The van der Waals surface area contributed by atoms with E-state index >= 15 is 0 Å². The van der Waals surface area contributed by atoms with Crippen LogP contribution in [0.1, 0.15) is 41.1 Å². The van der Waals surface area contributed by atoms with Crippen LogP contribution in [0.4, 0.5) is 0 Å². The van der Waals surface area contributed by atoms with Gasteiger partial charge in [0.25, 0.3) is 0 Å². The van der Waals surface area contributed by atoms with Crippen LogP contribution in [0.25, 0.3) is 0 Å². The van der Waals surface area contributed by atoms with Gasteiger partial charge >= 0.3 is 0 Å². The van der Waals surface area contributed by atoms with Crippen LogP contribution in [0, 0.1) is 17.4 Å². The van der Waals surface area contributed by atoms with Crippen molar-refractivity contribution in [2.75, 3.05) is 20.3 Å². The van der Waals surface area contributed by atoms with Crippen LogP contribution in [0.15, 0.2) is 24.4 Å². The number of thiocarbonyl (C=S) groups is 1. The van der Waals surface area contributed by atoms with Crippen LogP contribution in [0.3, 0.4) is 0 Å². The molecule has 1 saturated heterocycles. The van der Waals surface area contributed by atoms with Crippen LogP contribution in [0.2, 0.25) is 0 Å². The highest BCUT2D eigenvalue weighted by atomic mass is 127. The predicted octanol–water partition coefficient (Wildman–Crippen LogP) is 3.64. The number of aryl methyl sites for hydroxylation is 2. The number of H-pyrrole nitrogens is 1. The normalized spacial score (nSPS) is 20.2. The summed E-state index contributed by atoms with van der Waals surface area (Å²) < 4.78 is 6.50. The number of nitrogens with one attached hydrogen (secondary N) is 2. The summed E-state index contributed by atoms with van der Waals surface area (Å²) in [5, 5.41) is 4.28. The molecular weight excluding hydrogens is 447 g/mol. The number of nitrogens with zero attached hydrogens (tertiary/aromatic N) is 2. The van der Waals surface area contributed by atoms with Gasteiger partial charge < -0.3 is 19.9 Å². The number of aromatic amines is 1. The fourth-order valence-electron chi connectivity index (χ4n) is 3.46. The van der Waals surface area contributed by atoms with Crippen molar-refractivity contribution in [3.63, 3.8) is 0 Å². The molecule has 7 heteroatoms. The molecule has 0 saturated carbocycles. The van der Waals surface area contributed by atoms with E-state index in [2.05, 4.69) is 62.7 Å². The molecule has 2 atom stereocenters. The summed E-state index contributed by atoms with van der Waals surface area (Å²) in [4.78, 5) is 10.3. The summed E-state index contributed by atoms with van der Waals surface area (Å²) in [6, 6.07) is 6.19. The zero-order chi connectivity index (χ0) is 18.0. The van der Waals surface area contributed by atoms with Gasteiger partial charge in [-0.2, -0.15) is 0 Å². The summed E-state index contributed by atoms with van der Waals surface area (Å²) >= 11 is 8.10. The summed E-state index contributed by atoms with van der Waals surface area (Å²) in [6.07, 6.45) is 2.77. The lowest BCUT2D eigenvalue weighted by Gasteiger charge is -2.28. The smallest absolute Gasteiger partial charge is 0.170 e. The Balaban J connectivity index is 2.02. The number of ether oxygens (including phenoxy) is 1. The van der Waals surface area contributed by atoms with E-state index in [1.165, 1.54) is 20.5 Å². The Hall–Kier alpha value is -1.19. The summed E-state index contributed by atoms with van der Waals surface area (Å²) in [7, 11) is 1.73. The Labute approximate surface area is 167 Å². The Morgan fingerprint density at radius 3 is 2.72 bits per heavy atom. The van der Waals surface area contributed by atoms with Crippen LogP contribution >= 0.6 is 34.8 Å². The van der Waals surface area contributed by atoms with Gasteiger partial charge in [0.05, 0.1) is 17.8 Å². The first-order valence-corrected chi connectivity index (χ1v) is 9.84. The minimum absolute atomic E-state index is 0.0404. The predicted molar refractivity (Wildman–Crippen MR) is 112 cm³/mol. The molecule has 0 radical (unpaired) electrons. The first-order chi connectivity index (χ1) is 12.0. The molecule has 0 bridgehead atoms.